The van der Waals surface area contributed by atoms with Crippen molar-refractivity contribution in [2.24, 2.45) is 23.2 Å². The third kappa shape index (κ3) is 3.30. The first-order chi connectivity index (χ1) is 11.1. The summed E-state index contributed by atoms with van der Waals surface area (Å²) in [5, 5.41) is 3.91. The summed E-state index contributed by atoms with van der Waals surface area (Å²) < 4.78 is 0. The van der Waals surface area contributed by atoms with Crippen molar-refractivity contribution in [2.75, 3.05) is 0 Å². The number of carbonyl (C=O) groups excluding carboxylic acids is 2. The zero-order valence-electron chi connectivity index (χ0n) is 13.3. The highest BCUT2D eigenvalue weighted by molar-refractivity contribution is 7.07. The molecule has 124 valence electrons. The van der Waals surface area contributed by atoms with Gasteiger partial charge in [-0.05, 0) is 84.1 Å². The minimum atomic E-state index is -0.151. The van der Waals surface area contributed by atoms with Crippen LogP contribution < -0.4 is 10.9 Å². The van der Waals surface area contributed by atoms with Crippen LogP contribution in [0.5, 0.6) is 0 Å². The molecule has 4 aliphatic rings. The molecule has 4 saturated carbocycles. The minimum absolute atomic E-state index is 0.0226. The van der Waals surface area contributed by atoms with Gasteiger partial charge < -0.3 is 0 Å². The molecular formula is C18H24N2O2S. The molecule has 1 heterocycles. The second-order valence-electron chi connectivity index (χ2n) is 8.00. The lowest BCUT2D eigenvalue weighted by Crippen LogP contribution is -2.50. The molecule has 0 aliphatic heterocycles. The Hall–Kier alpha value is -1.36. The first kappa shape index (κ1) is 15.2. The second-order valence-corrected chi connectivity index (χ2v) is 8.78. The second kappa shape index (κ2) is 5.93. The van der Waals surface area contributed by atoms with Gasteiger partial charge in [0.25, 0.3) is 0 Å². The van der Waals surface area contributed by atoms with Crippen LogP contribution >= 0.6 is 11.3 Å². The van der Waals surface area contributed by atoms with Crippen LogP contribution in [0.1, 0.15) is 50.5 Å². The summed E-state index contributed by atoms with van der Waals surface area (Å²) in [4.78, 5) is 24.2. The minimum Gasteiger partial charge on any atom is -0.273 e. The Morgan fingerprint density at radius 2 is 1.65 bits per heavy atom. The first-order valence-corrected chi connectivity index (χ1v) is 9.63. The Labute approximate surface area is 141 Å². The molecule has 4 bridgehead atoms. The number of hydrazine groups is 1. The van der Waals surface area contributed by atoms with Crippen LogP contribution in [-0.2, 0) is 16.0 Å². The van der Waals surface area contributed by atoms with Crippen molar-refractivity contribution >= 4 is 23.2 Å². The zero-order valence-corrected chi connectivity index (χ0v) is 14.2. The van der Waals surface area contributed by atoms with Gasteiger partial charge in [0.05, 0.1) is 6.42 Å². The molecule has 1 aromatic rings. The molecule has 0 aromatic carbocycles. The fraction of sp³-hybridized carbons (Fsp3) is 0.667. The van der Waals surface area contributed by atoms with Crippen LogP contribution in [0.3, 0.4) is 0 Å². The van der Waals surface area contributed by atoms with E-state index in [9.17, 15) is 9.59 Å². The van der Waals surface area contributed by atoms with E-state index < -0.39 is 0 Å². The van der Waals surface area contributed by atoms with Gasteiger partial charge in [-0.3, -0.25) is 20.4 Å². The van der Waals surface area contributed by atoms with E-state index in [2.05, 4.69) is 10.9 Å². The van der Waals surface area contributed by atoms with Gasteiger partial charge in [0, 0.05) is 6.42 Å². The summed E-state index contributed by atoms with van der Waals surface area (Å²) in [5.74, 6) is 2.37. The van der Waals surface area contributed by atoms with E-state index in [1.165, 1.54) is 38.5 Å². The summed E-state index contributed by atoms with van der Waals surface area (Å²) in [6.45, 7) is 0. The van der Waals surface area contributed by atoms with Crippen molar-refractivity contribution in [2.45, 2.75) is 51.4 Å². The lowest BCUT2D eigenvalue weighted by molar-refractivity contribution is -0.134. The Balaban J connectivity index is 1.28. The monoisotopic (exact) mass is 332 g/mol. The van der Waals surface area contributed by atoms with E-state index in [1.807, 2.05) is 16.8 Å². The van der Waals surface area contributed by atoms with Gasteiger partial charge in [0.1, 0.15) is 0 Å². The van der Waals surface area contributed by atoms with Crippen molar-refractivity contribution in [1.82, 2.24) is 10.9 Å². The van der Waals surface area contributed by atoms with Crippen LogP contribution in [0.2, 0.25) is 0 Å². The molecule has 23 heavy (non-hydrogen) atoms. The normalized spacial score (nSPS) is 34.3. The van der Waals surface area contributed by atoms with Gasteiger partial charge in [-0.15, -0.1) is 0 Å². The summed E-state index contributed by atoms with van der Waals surface area (Å²) in [7, 11) is 0. The average molecular weight is 332 g/mol. The summed E-state index contributed by atoms with van der Waals surface area (Å²) in [6, 6.07) is 1.93. The average Bonchev–Trinajstić information content (AvgIpc) is 2.96. The van der Waals surface area contributed by atoms with Crippen LogP contribution in [0, 0.1) is 23.2 Å². The number of hydrogen-bond donors (Lipinski definition) is 2. The van der Waals surface area contributed by atoms with Gasteiger partial charge in [-0.2, -0.15) is 11.3 Å². The molecule has 2 N–H and O–H groups in total. The predicted molar refractivity (Wildman–Crippen MR) is 89.5 cm³/mol. The molecule has 0 unspecified atom stereocenters. The topological polar surface area (TPSA) is 58.2 Å². The first-order valence-electron chi connectivity index (χ1n) is 8.69. The van der Waals surface area contributed by atoms with E-state index in [0.29, 0.717) is 12.8 Å². The van der Waals surface area contributed by atoms with E-state index in [0.717, 1.165) is 23.3 Å². The standard InChI is InChI=1S/C18H24N2O2S/c21-16(6-12-1-2-23-11-12)19-20-17(22)10-18-7-13-3-14(8-18)5-15(4-13)9-18/h1-2,11,13-15H,3-10H2,(H,19,21)(H,20,22). The molecular weight excluding hydrogens is 308 g/mol. The maximum Gasteiger partial charge on any atom is 0.242 e. The number of nitrogens with one attached hydrogen (secondary N) is 2. The highest BCUT2D eigenvalue weighted by Crippen LogP contribution is 2.61. The number of rotatable bonds is 4. The molecule has 0 radical (unpaired) electrons. The third-order valence-corrected chi connectivity index (χ3v) is 6.72. The third-order valence-electron chi connectivity index (χ3n) is 5.99. The molecule has 1 aromatic heterocycles. The van der Waals surface area contributed by atoms with Crippen molar-refractivity contribution in [3.8, 4) is 0 Å². The number of carbonyl (C=O) groups is 2. The van der Waals surface area contributed by atoms with Gasteiger partial charge in [-0.1, -0.05) is 0 Å². The molecule has 0 saturated heterocycles. The summed E-state index contributed by atoms with van der Waals surface area (Å²) in [5.41, 5.74) is 6.41. The fourth-order valence-electron chi connectivity index (χ4n) is 5.65. The van der Waals surface area contributed by atoms with Crippen LogP contribution in [0.4, 0.5) is 0 Å². The maximum absolute atomic E-state index is 12.3. The maximum atomic E-state index is 12.3. The lowest BCUT2D eigenvalue weighted by Gasteiger charge is -2.56. The quantitative estimate of drug-likeness (QED) is 0.833. The lowest BCUT2D eigenvalue weighted by atomic mass is 9.49. The van der Waals surface area contributed by atoms with Crippen LogP contribution in [0.15, 0.2) is 16.8 Å². The smallest absolute Gasteiger partial charge is 0.242 e. The number of amides is 2. The summed E-state index contributed by atoms with van der Waals surface area (Å²) in [6.07, 6.45) is 8.71. The van der Waals surface area contributed by atoms with E-state index in [4.69, 9.17) is 0 Å². The van der Waals surface area contributed by atoms with Gasteiger partial charge in [0.15, 0.2) is 0 Å². The highest BCUT2D eigenvalue weighted by Gasteiger charge is 2.51. The van der Waals surface area contributed by atoms with Crippen molar-refractivity contribution in [3.05, 3.63) is 22.4 Å². The largest absolute Gasteiger partial charge is 0.273 e. The zero-order chi connectivity index (χ0) is 15.9. The Morgan fingerprint density at radius 3 is 2.22 bits per heavy atom. The van der Waals surface area contributed by atoms with Crippen molar-refractivity contribution in [1.29, 1.82) is 0 Å². The van der Waals surface area contributed by atoms with Crippen LogP contribution in [0.25, 0.3) is 0 Å². The molecule has 2 amide bonds. The molecule has 0 spiro atoms. The molecule has 4 nitrogen and oxygen atoms in total. The molecule has 5 heteroatoms. The molecule has 0 atom stereocenters. The Morgan fingerprint density at radius 1 is 1.04 bits per heavy atom. The predicted octanol–water partition coefficient (Wildman–Crippen LogP) is 3.04. The number of hydrogen-bond acceptors (Lipinski definition) is 3. The van der Waals surface area contributed by atoms with E-state index in [1.54, 1.807) is 11.3 Å². The SMILES string of the molecule is O=C(Cc1ccsc1)NNC(=O)CC12CC3CC(CC(C3)C1)C2. The number of thiophene rings is 1. The molecule has 4 fully saturated rings. The molecule has 4 aliphatic carbocycles. The van der Waals surface area contributed by atoms with Gasteiger partial charge in [-0.25, -0.2) is 0 Å². The van der Waals surface area contributed by atoms with Crippen LogP contribution in [-0.4, -0.2) is 11.8 Å². The van der Waals surface area contributed by atoms with E-state index >= 15 is 0 Å². The fourth-order valence-corrected chi connectivity index (χ4v) is 6.32. The Kier molecular flexibility index (Phi) is 3.92. The van der Waals surface area contributed by atoms with E-state index in [-0.39, 0.29) is 17.2 Å². The van der Waals surface area contributed by atoms with Crippen molar-refractivity contribution < 1.29 is 9.59 Å². The van der Waals surface area contributed by atoms with Gasteiger partial charge >= 0.3 is 0 Å². The van der Waals surface area contributed by atoms with Crippen molar-refractivity contribution in [3.63, 3.8) is 0 Å². The summed E-state index contributed by atoms with van der Waals surface area (Å²) >= 11 is 1.58. The Bertz CT molecular complexity index is 561. The molecule has 5 rings (SSSR count). The highest BCUT2D eigenvalue weighted by atomic mass is 32.1. The van der Waals surface area contributed by atoms with Gasteiger partial charge in [0.2, 0.25) is 11.8 Å².